The van der Waals surface area contributed by atoms with Gasteiger partial charge in [-0.15, -0.1) is 0 Å². The van der Waals surface area contributed by atoms with Crippen LogP contribution >= 0.6 is 0 Å². The standard InChI is InChI=1S/C15H26N2O/c1-11(12-7-8-12)13-10-16-14(18-13)6-5-9-17-15(2,3)4/h10-12,17H,5-9H2,1-4H3. The first kappa shape index (κ1) is 13.6. The summed E-state index contributed by atoms with van der Waals surface area (Å²) >= 11 is 0. The summed E-state index contributed by atoms with van der Waals surface area (Å²) < 4.78 is 5.84. The number of hydrogen-bond acceptors (Lipinski definition) is 3. The minimum Gasteiger partial charge on any atom is -0.445 e. The zero-order valence-corrected chi connectivity index (χ0v) is 12.1. The van der Waals surface area contributed by atoms with Crippen LogP contribution < -0.4 is 5.32 Å². The fraction of sp³-hybridized carbons (Fsp3) is 0.800. The number of oxazole rings is 1. The summed E-state index contributed by atoms with van der Waals surface area (Å²) in [6, 6.07) is 0. The van der Waals surface area contributed by atoms with Crippen molar-refractivity contribution in [2.24, 2.45) is 5.92 Å². The van der Waals surface area contributed by atoms with Crippen LogP contribution in [-0.4, -0.2) is 17.1 Å². The van der Waals surface area contributed by atoms with E-state index in [9.17, 15) is 0 Å². The zero-order chi connectivity index (χ0) is 13.2. The van der Waals surface area contributed by atoms with Gasteiger partial charge in [-0.05, 0) is 52.5 Å². The zero-order valence-electron chi connectivity index (χ0n) is 12.1. The first-order valence-corrected chi connectivity index (χ1v) is 7.15. The fourth-order valence-electron chi connectivity index (χ4n) is 2.18. The Morgan fingerprint density at radius 2 is 2.17 bits per heavy atom. The summed E-state index contributed by atoms with van der Waals surface area (Å²) in [4.78, 5) is 4.39. The third-order valence-corrected chi connectivity index (χ3v) is 3.57. The summed E-state index contributed by atoms with van der Waals surface area (Å²) in [5, 5.41) is 3.48. The lowest BCUT2D eigenvalue weighted by atomic mass is 10.0. The van der Waals surface area contributed by atoms with Crippen molar-refractivity contribution >= 4 is 0 Å². The Morgan fingerprint density at radius 1 is 1.44 bits per heavy atom. The van der Waals surface area contributed by atoms with Crippen molar-refractivity contribution in [3.63, 3.8) is 0 Å². The Balaban J connectivity index is 1.73. The van der Waals surface area contributed by atoms with Crippen LogP contribution in [0.15, 0.2) is 10.6 Å². The molecular weight excluding hydrogens is 224 g/mol. The van der Waals surface area contributed by atoms with E-state index in [1.165, 1.54) is 12.8 Å². The molecule has 1 aromatic rings. The summed E-state index contributed by atoms with van der Waals surface area (Å²) in [5.74, 6) is 3.37. The van der Waals surface area contributed by atoms with Crippen molar-refractivity contribution in [1.82, 2.24) is 10.3 Å². The molecule has 1 aliphatic carbocycles. The van der Waals surface area contributed by atoms with E-state index >= 15 is 0 Å². The van der Waals surface area contributed by atoms with Crippen molar-refractivity contribution in [3.8, 4) is 0 Å². The van der Waals surface area contributed by atoms with Gasteiger partial charge in [0.15, 0.2) is 5.89 Å². The number of aryl methyl sites for hydroxylation is 1. The van der Waals surface area contributed by atoms with Crippen LogP contribution in [0.3, 0.4) is 0 Å². The molecule has 2 rings (SSSR count). The predicted octanol–water partition coefficient (Wildman–Crippen LogP) is 3.51. The van der Waals surface area contributed by atoms with E-state index in [4.69, 9.17) is 4.42 Å². The van der Waals surface area contributed by atoms with E-state index in [1.54, 1.807) is 0 Å². The minimum atomic E-state index is 0.197. The smallest absolute Gasteiger partial charge is 0.194 e. The molecule has 1 unspecified atom stereocenters. The molecule has 0 bridgehead atoms. The van der Waals surface area contributed by atoms with Gasteiger partial charge >= 0.3 is 0 Å². The molecule has 0 aromatic carbocycles. The third-order valence-electron chi connectivity index (χ3n) is 3.57. The highest BCUT2D eigenvalue weighted by Crippen LogP contribution is 2.42. The largest absolute Gasteiger partial charge is 0.445 e. The van der Waals surface area contributed by atoms with Crippen LogP contribution in [-0.2, 0) is 6.42 Å². The first-order chi connectivity index (χ1) is 8.46. The summed E-state index contributed by atoms with van der Waals surface area (Å²) in [6.07, 6.45) is 6.64. The number of rotatable bonds is 6. The Morgan fingerprint density at radius 3 is 2.78 bits per heavy atom. The quantitative estimate of drug-likeness (QED) is 0.785. The molecule has 1 N–H and O–H groups in total. The molecule has 18 heavy (non-hydrogen) atoms. The lowest BCUT2D eigenvalue weighted by Gasteiger charge is -2.20. The number of hydrogen-bond donors (Lipinski definition) is 1. The van der Waals surface area contributed by atoms with Crippen LogP contribution in [0.25, 0.3) is 0 Å². The topological polar surface area (TPSA) is 38.1 Å². The van der Waals surface area contributed by atoms with Crippen LogP contribution in [0.5, 0.6) is 0 Å². The van der Waals surface area contributed by atoms with Crippen molar-refractivity contribution < 1.29 is 4.42 Å². The molecule has 1 saturated carbocycles. The fourth-order valence-corrected chi connectivity index (χ4v) is 2.18. The second-order valence-electron chi connectivity index (χ2n) is 6.56. The van der Waals surface area contributed by atoms with Crippen molar-refractivity contribution in [1.29, 1.82) is 0 Å². The molecule has 1 aromatic heterocycles. The van der Waals surface area contributed by atoms with Gasteiger partial charge in [0.2, 0.25) is 0 Å². The molecule has 0 spiro atoms. The number of aromatic nitrogens is 1. The van der Waals surface area contributed by atoms with Crippen LogP contribution in [0, 0.1) is 5.92 Å². The van der Waals surface area contributed by atoms with E-state index in [-0.39, 0.29) is 5.54 Å². The highest BCUT2D eigenvalue weighted by molar-refractivity contribution is 5.05. The van der Waals surface area contributed by atoms with Gasteiger partial charge in [0.05, 0.1) is 6.20 Å². The monoisotopic (exact) mass is 250 g/mol. The maximum absolute atomic E-state index is 5.84. The number of nitrogens with zero attached hydrogens (tertiary/aromatic N) is 1. The average molecular weight is 250 g/mol. The molecule has 3 nitrogen and oxygen atoms in total. The maximum Gasteiger partial charge on any atom is 0.194 e. The molecule has 1 fully saturated rings. The van der Waals surface area contributed by atoms with E-state index < -0.39 is 0 Å². The second kappa shape index (κ2) is 5.43. The van der Waals surface area contributed by atoms with Gasteiger partial charge in [0.25, 0.3) is 0 Å². The lowest BCUT2D eigenvalue weighted by molar-refractivity contribution is 0.394. The van der Waals surface area contributed by atoms with Gasteiger partial charge < -0.3 is 9.73 Å². The minimum absolute atomic E-state index is 0.197. The molecule has 102 valence electrons. The average Bonchev–Trinajstić information content (AvgIpc) is 3.02. The SMILES string of the molecule is CC(c1cnc(CCCNC(C)(C)C)o1)C1CC1. The van der Waals surface area contributed by atoms with E-state index in [2.05, 4.69) is 38.0 Å². The summed E-state index contributed by atoms with van der Waals surface area (Å²) in [7, 11) is 0. The van der Waals surface area contributed by atoms with Crippen LogP contribution in [0.1, 0.15) is 64.5 Å². The molecule has 0 amide bonds. The molecule has 1 heterocycles. The predicted molar refractivity (Wildman–Crippen MR) is 73.7 cm³/mol. The van der Waals surface area contributed by atoms with Crippen molar-refractivity contribution in [2.75, 3.05) is 6.54 Å². The van der Waals surface area contributed by atoms with Crippen molar-refractivity contribution in [2.45, 2.75) is 64.8 Å². The van der Waals surface area contributed by atoms with Gasteiger partial charge in [0.1, 0.15) is 5.76 Å². The van der Waals surface area contributed by atoms with Crippen LogP contribution in [0.4, 0.5) is 0 Å². The van der Waals surface area contributed by atoms with Gasteiger partial charge in [0, 0.05) is 17.9 Å². The van der Waals surface area contributed by atoms with E-state index in [0.29, 0.717) is 5.92 Å². The van der Waals surface area contributed by atoms with Gasteiger partial charge in [-0.1, -0.05) is 6.92 Å². The molecule has 0 saturated heterocycles. The molecule has 0 aliphatic heterocycles. The van der Waals surface area contributed by atoms with Gasteiger partial charge in [-0.3, -0.25) is 0 Å². The summed E-state index contributed by atoms with van der Waals surface area (Å²) in [5.41, 5.74) is 0.197. The second-order valence-corrected chi connectivity index (χ2v) is 6.56. The molecule has 1 aliphatic rings. The van der Waals surface area contributed by atoms with Gasteiger partial charge in [-0.25, -0.2) is 4.98 Å². The normalized spacial score (nSPS) is 18.0. The summed E-state index contributed by atoms with van der Waals surface area (Å²) in [6.45, 7) is 9.83. The third kappa shape index (κ3) is 4.13. The molecule has 1 atom stereocenters. The highest BCUT2D eigenvalue weighted by Gasteiger charge is 2.31. The Hall–Kier alpha value is -0.830. The highest BCUT2D eigenvalue weighted by atomic mass is 16.4. The van der Waals surface area contributed by atoms with Gasteiger partial charge in [-0.2, -0.15) is 0 Å². The van der Waals surface area contributed by atoms with E-state index in [1.807, 2.05) is 6.20 Å². The maximum atomic E-state index is 5.84. The molecule has 3 heteroatoms. The Bertz CT molecular complexity index is 374. The number of nitrogens with one attached hydrogen (secondary N) is 1. The Kier molecular flexibility index (Phi) is 4.10. The molecular formula is C15H26N2O. The Labute approximate surface area is 110 Å². The van der Waals surface area contributed by atoms with Crippen LogP contribution in [0.2, 0.25) is 0 Å². The first-order valence-electron chi connectivity index (χ1n) is 7.15. The lowest BCUT2D eigenvalue weighted by Crippen LogP contribution is -2.36. The van der Waals surface area contributed by atoms with Crippen molar-refractivity contribution in [3.05, 3.63) is 17.8 Å². The molecule has 0 radical (unpaired) electrons. The van der Waals surface area contributed by atoms with E-state index in [0.717, 1.165) is 37.0 Å².